The second-order valence-electron chi connectivity index (χ2n) is 18.2. The van der Waals surface area contributed by atoms with E-state index in [0.717, 1.165) is 47.3 Å². The maximum atomic E-state index is 13.4. The Morgan fingerprint density at radius 3 is 2.15 bits per heavy atom. The van der Waals surface area contributed by atoms with Crippen LogP contribution in [0.3, 0.4) is 0 Å². The molecule has 296 valence electrons. The van der Waals surface area contributed by atoms with Gasteiger partial charge < -0.3 is 24.0 Å². The van der Waals surface area contributed by atoms with E-state index in [4.69, 9.17) is 29.3 Å². The molecule has 5 rings (SSSR count). The number of pyridine rings is 1. The topological polar surface area (TPSA) is 118 Å². The predicted molar refractivity (Wildman–Crippen MR) is 226 cm³/mol. The van der Waals surface area contributed by atoms with Gasteiger partial charge in [0.1, 0.15) is 30.7 Å². The van der Waals surface area contributed by atoms with Gasteiger partial charge in [-0.2, -0.15) is 14.9 Å². The number of fused-ring (bicyclic) bond motifs is 1. The Kier molecular flexibility index (Phi) is 13.6. The lowest BCUT2D eigenvalue weighted by Gasteiger charge is -2.31. The van der Waals surface area contributed by atoms with Crippen molar-refractivity contribution in [1.82, 2.24) is 24.5 Å². The number of anilines is 1. The summed E-state index contributed by atoms with van der Waals surface area (Å²) in [7, 11) is -2.68. The van der Waals surface area contributed by atoms with Gasteiger partial charge in [0.15, 0.2) is 11.5 Å². The largest absolute Gasteiger partial charge is 0.444 e. The minimum atomic E-state index is -1.34. The Bertz CT molecular complexity index is 1900. The van der Waals surface area contributed by atoms with Crippen molar-refractivity contribution in [2.24, 2.45) is 0 Å². The van der Waals surface area contributed by atoms with Crippen molar-refractivity contribution in [3.63, 3.8) is 0 Å². The highest BCUT2D eigenvalue weighted by Gasteiger charge is 2.37. The van der Waals surface area contributed by atoms with Crippen molar-refractivity contribution in [3.8, 4) is 28.5 Å². The zero-order valence-corrected chi connectivity index (χ0v) is 36.7. The van der Waals surface area contributed by atoms with E-state index in [1.165, 1.54) is 0 Å². The first kappa shape index (κ1) is 42.1. The SMILES string of the molecule is CC1CCC(CCc2nc3c(-c4ccc(-c5ccccc5)nc4)cnn3c(N(COCC[Si](C)(C)C)COCC[Si](C)(C)C)c2C#N)N1C(=O)OC(C)(C)C. The van der Waals surface area contributed by atoms with Gasteiger partial charge in [0.25, 0.3) is 0 Å². The lowest BCUT2D eigenvalue weighted by atomic mass is 10.0. The summed E-state index contributed by atoms with van der Waals surface area (Å²) in [4.78, 5) is 27.2. The van der Waals surface area contributed by atoms with Gasteiger partial charge >= 0.3 is 6.09 Å². The normalized spacial score (nSPS) is 16.4. The molecule has 1 fully saturated rings. The van der Waals surface area contributed by atoms with Crippen LogP contribution in [0.25, 0.3) is 28.0 Å². The molecule has 4 aromatic rings. The zero-order chi connectivity index (χ0) is 40.0. The summed E-state index contributed by atoms with van der Waals surface area (Å²) in [6.45, 7) is 23.5. The first-order valence-corrected chi connectivity index (χ1v) is 27.1. The quantitative estimate of drug-likeness (QED) is 0.0622. The van der Waals surface area contributed by atoms with Crippen LogP contribution in [0.5, 0.6) is 0 Å². The third-order valence-electron chi connectivity index (χ3n) is 9.84. The summed E-state index contributed by atoms with van der Waals surface area (Å²) in [5.41, 5.74) is 4.70. The Morgan fingerprint density at radius 2 is 1.58 bits per heavy atom. The predicted octanol–water partition coefficient (Wildman–Crippen LogP) is 9.48. The lowest BCUT2D eigenvalue weighted by molar-refractivity contribution is 0.0154. The minimum Gasteiger partial charge on any atom is -0.444 e. The van der Waals surface area contributed by atoms with Crippen LogP contribution in [-0.2, 0) is 20.6 Å². The molecule has 1 saturated heterocycles. The highest BCUT2D eigenvalue weighted by molar-refractivity contribution is 6.76. The number of rotatable bonds is 16. The number of aromatic nitrogens is 4. The van der Waals surface area contributed by atoms with E-state index >= 15 is 0 Å². The Balaban J connectivity index is 1.56. The number of carbonyl (C=O) groups excluding carboxylic acids is 1. The van der Waals surface area contributed by atoms with Gasteiger partial charge in [-0.1, -0.05) is 75.7 Å². The molecule has 4 heterocycles. The van der Waals surface area contributed by atoms with Crippen molar-refractivity contribution in [2.75, 3.05) is 31.6 Å². The number of carbonyl (C=O) groups is 1. The molecule has 1 aliphatic heterocycles. The van der Waals surface area contributed by atoms with Crippen molar-refractivity contribution >= 4 is 33.7 Å². The van der Waals surface area contributed by atoms with Gasteiger partial charge in [0.2, 0.25) is 0 Å². The van der Waals surface area contributed by atoms with E-state index in [-0.39, 0.29) is 31.6 Å². The molecular weight excluding hydrogens is 723 g/mol. The molecule has 0 spiro atoms. The molecule has 1 aromatic carbocycles. The van der Waals surface area contributed by atoms with Crippen LogP contribution in [0, 0.1) is 11.3 Å². The summed E-state index contributed by atoms with van der Waals surface area (Å²) in [6, 6.07) is 18.7. The first-order chi connectivity index (χ1) is 25.9. The zero-order valence-electron chi connectivity index (χ0n) is 34.7. The van der Waals surface area contributed by atoms with Crippen LogP contribution in [0.2, 0.25) is 51.4 Å². The summed E-state index contributed by atoms with van der Waals surface area (Å²) in [5, 5.41) is 15.8. The van der Waals surface area contributed by atoms with Crippen LogP contribution in [0.15, 0.2) is 54.9 Å². The molecule has 2 atom stereocenters. The van der Waals surface area contributed by atoms with E-state index < -0.39 is 21.7 Å². The molecule has 0 aliphatic carbocycles. The van der Waals surface area contributed by atoms with E-state index in [0.29, 0.717) is 48.8 Å². The number of hydrogen-bond acceptors (Lipinski definition) is 9. The Hall–Kier alpha value is -4.10. The van der Waals surface area contributed by atoms with Gasteiger partial charge in [0, 0.05) is 64.3 Å². The van der Waals surface area contributed by atoms with Gasteiger partial charge in [-0.3, -0.25) is 4.98 Å². The van der Waals surface area contributed by atoms with Gasteiger partial charge in [-0.15, -0.1) is 0 Å². The molecular formula is C42H61N7O4Si2. The summed E-state index contributed by atoms with van der Waals surface area (Å²) < 4.78 is 20.3. The Labute approximate surface area is 330 Å². The molecule has 0 radical (unpaired) electrons. The third-order valence-corrected chi connectivity index (χ3v) is 13.3. The average Bonchev–Trinajstić information content (AvgIpc) is 3.71. The number of likely N-dealkylation sites (tertiary alicyclic amines) is 1. The third kappa shape index (κ3) is 11.5. The second-order valence-corrected chi connectivity index (χ2v) is 29.4. The first-order valence-electron chi connectivity index (χ1n) is 19.7. The fourth-order valence-corrected chi connectivity index (χ4v) is 8.23. The standard InChI is InChI=1S/C42H61N7O4Si2/c1-31-16-18-34(48(31)41(50)53-42(2,3)4)19-21-38-35(26-43)40(47(29-51-22-24-54(5,6)7)30-52-23-25-55(8,9)10)49-39(46-38)36(28-45-49)33-17-20-37(44-27-33)32-14-12-11-13-15-32/h11-15,17,20,27-28,31,34H,16,18-19,21-25,29-30H2,1-10H3. The second kappa shape index (κ2) is 17.8. The fourth-order valence-electron chi connectivity index (χ4n) is 6.72. The maximum absolute atomic E-state index is 13.4. The molecule has 3 aromatic heterocycles. The fraction of sp³-hybridized carbons (Fsp3) is 0.548. The van der Waals surface area contributed by atoms with Crippen LogP contribution in [-0.4, -0.2) is 91.1 Å². The number of nitrogens with zero attached hydrogens (tertiary/aromatic N) is 7. The van der Waals surface area contributed by atoms with Gasteiger partial charge in [0.05, 0.1) is 17.6 Å². The smallest absolute Gasteiger partial charge is 0.410 e. The van der Waals surface area contributed by atoms with Crippen molar-refractivity contribution < 1.29 is 19.0 Å². The van der Waals surface area contributed by atoms with Crippen LogP contribution in [0.4, 0.5) is 10.6 Å². The molecule has 1 amide bonds. The number of aryl methyl sites for hydroxylation is 1. The van der Waals surface area contributed by atoms with E-state index in [9.17, 15) is 10.1 Å². The molecule has 13 heteroatoms. The van der Waals surface area contributed by atoms with Crippen LogP contribution in [0.1, 0.15) is 58.2 Å². The average molecular weight is 784 g/mol. The number of amides is 1. The molecule has 55 heavy (non-hydrogen) atoms. The molecule has 0 bridgehead atoms. The monoisotopic (exact) mass is 783 g/mol. The molecule has 0 N–H and O–H groups in total. The maximum Gasteiger partial charge on any atom is 0.410 e. The van der Waals surface area contributed by atoms with Gasteiger partial charge in [-0.05, 0) is 71.5 Å². The number of ether oxygens (including phenoxy) is 3. The number of nitriles is 1. The lowest BCUT2D eigenvalue weighted by Crippen LogP contribution is -2.43. The van der Waals surface area contributed by atoms with E-state index in [1.807, 2.05) is 79.2 Å². The Morgan fingerprint density at radius 1 is 0.927 bits per heavy atom. The highest BCUT2D eigenvalue weighted by Crippen LogP contribution is 2.34. The van der Waals surface area contributed by atoms with Gasteiger partial charge in [-0.25, -0.2) is 9.78 Å². The van der Waals surface area contributed by atoms with Crippen LogP contribution >= 0.6 is 0 Å². The van der Waals surface area contributed by atoms with E-state index in [1.54, 1.807) is 10.7 Å². The number of benzene rings is 1. The van der Waals surface area contributed by atoms with Crippen molar-refractivity contribution in [3.05, 3.63) is 66.1 Å². The molecule has 0 saturated carbocycles. The molecule has 2 unspecified atom stereocenters. The molecule has 11 nitrogen and oxygen atoms in total. The molecule has 1 aliphatic rings. The van der Waals surface area contributed by atoms with Crippen LogP contribution < -0.4 is 4.90 Å². The minimum absolute atomic E-state index is 0.0390. The summed E-state index contributed by atoms with van der Waals surface area (Å²) >= 11 is 0. The summed E-state index contributed by atoms with van der Waals surface area (Å²) in [6.07, 6.45) is 6.23. The highest BCUT2D eigenvalue weighted by atomic mass is 28.3. The van der Waals surface area contributed by atoms with E-state index in [2.05, 4.69) is 52.3 Å². The van der Waals surface area contributed by atoms with Crippen molar-refractivity contribution in [2.45, 2.75) is 122 Å². The summed E-state index contributed by atoms with van der Waals surface area (Å²) in [5.74, 6) is 0.590. The number of hydrogen-bond donors (Lipinski definition) is 0. The van der Waals surface area contributed by atoms with Crippen molar-refractivity contribution in [1.29, 1.82) is 5.26 Å².